The van der Waals surface area contributed by atoms with E-state index in [0.717, 1.165) is 5.56 Å². The van der Waals surface area contributed by atoms with Crippen molar-refractivity contribution in [3.63, 3.8) is 0 Å². The summed E-state index contributed by atoms with van der Waals surface area (Å²) in [4.78, 5) is 21.5. The van der Waals surface area contributed by atoms with Gasteiger partial charge in [-0.15, -0.1) is 5.10 Å². The zero-order valence-corrected chi connectivity index (χ0v) is 17.4. The molecule has 1 aliphatic heterocycles. The molecule has 29 heavy (non-hydrogen) atoms. The molecule has 0 bridgehead atoms. The minimum atomic E-state index is -0.526. The smallest absolute Gasteiger partial charge is 0.338 e. The molecular weight excluding hydrogens is 410 g/mol. The van der Waals surface area contributed by atoms with Crippen LogP contribution in [0.2, 0.25) is 5.02 Å². The van der Waals surface area contributed by atoms with Gasteiger partial charge in [0, 0.05) is 22.7 Å². The normalized spacial score (nSPS) is 15.6. The lowest BCUT2D eigenvalue weighted by molar-refractivity contribution is -0.136. The number of ether oxygens (including phenoxy) is 1. The number of nitrogens with one attached hydrogen (secondary N) is 1. The number of rotatable bonds is 5. The number of aromatic nitrogens is 4. The number of esters is 1. The number of benzene rings is 1. The molecule has 148 valence electrons. The molecule has 0 fully saturated rings. The lowest BCUT2D eigenvalue weighted by Crippen LogP contribution is -2.29. The maximum atomic E-state index is 12.5. The van der Waals surface area contributed by atoms with E-state index in [2.05, 4.69) is 20.4 Å². The van der Waals surface area contributed by atoms with Gasteiger partial charge in [0.1, 0.15) is 6.04 Å². The fourth-order valence-electron chi connectivity index (χ4n) is 3.14. The summed E-state index contributed by atoms with van der Waals surface area (Å²) >= 11 is 7.72. The van der Waals surface area contributed by atoms with E-state index in [1.165, 1.54) is 18.9 Å². The van der Waals surface area contributed by atoms with Crippen molar-refractivity contribution < 1.29 is 9.53 Å². The van der Waals surface area contributed by atoms with Crippen LogP contribution in [-0.4, -0.2) is 32.8 Å². The molecule has 0 radical (unpaired) electrons. The van der Waals surface area contributed by atoms with Gasteiger partial charge in [0.05, 0.1) is 18.4 Å². The Kier molecular flexibility index (Phi) is 5.55. The average Bonchev–Trinajstić information content (AvgIpc) is 3.14. The number of allylic oxidation sites excluding steroid dienone is 1. The maximum absolute atomic E-state index is 12.5. The zero-order valence-electron chi connectivity index (χ0n) is 15.8. The van der Waals surface area contributed by atoms with Crippen LogP contribution in [0, 0.1) is 0 Å². The van der Waals surface area contributed by atoms with Crippen molar-refractivity contribution in [2.45, 2.75) is 23.9 Å². The number of fused-ring (bicyclic) bond motifs is 1. The van der Waals surface area contributed by atoms with Crippen molar-refractivity contribution >= 4 is 35.3 Å². The Balaban J connectivity index is 1.69. The van der Waals surface area contributed by atoms with Gasteiger partial charge in [0.2, 0.25) is 11.1 Å². The minimum Gasteiger partial charge on any atom is -0.466 e. The summed E-state index contributed by atoms with van der Waals surface area (Å²) in [6.07, 6.45) is 1.69. The Labute approximate surface area is 177 Å². The molecule has 1 aromatic carbocycles. The summed E-state index contributed by atoms with van der Waals surface area (Å²) in [7, 11) is 1.36. The van der Waals surface area contributed by atoms with Crippen LogP contribution >= 0.6 is 23.4 Å². The summed E-state index contributed by atoms with van der Waals surface area (Å²) in [5.74, 6) is 0.748. The first kappa shape index (κ1) is 19.5. The lowest BCUT2D eigenvalue weighted by atomic mass is 10.00. The highest BCUT2D eigenvalue weighted by molar-refractivity contribution is 7.98. The summed E-state index contributed by atoms with van der Waals surface area (Å²) in [6, 6.07) is 12.7. The second-order valence-electron chi connectivity index (χ2n) is 6.36. The SMILES string of the molecule is COC(=O)C1=C(C)Nc2nc(SCc3ccccc3Cl)nn2C1c1ccccn1. The van der Waals surface area contributed by atoms with E-state index in [-0.39, 0.29) is 0 Å². The molecule has 0 aliphatic carbocycles. The number of anilines is 1. The fraction of sp³-hybridized carbons (Fsp3) is 0.200. The number of carbonyl (C=O) groups excluding carboxylic acids is 1. The first-order valence-corrected chi connectivity index (χ1v) is 10.2. The molecular formula is C20H18ClN5O2S. The van der Waals surface area contributed by atoms with Crippen LogP contribution in [0.5, 0.6) is 0 Å². The third-order valence-electron chi connectivity index (χ3n) is 4.52. The molecule has 0 amide bonds. The molecule has 1 unspecified atom stereocenters. The third-order valence-corrected chi connectivity index (χ3v) is 5.78. The second kappa shape index (κ2) is 8.26. The molecule has 9 heteroatoms. The summed E-state index contributed by atoms with van der Waals surface area (Å²) < 4.78 is 6.68. The van der Waals surface area contributed by atoms with Gasteiger partial charge < -0.3 is 10.1 Å². The Morgan fingerprint density at radius 3 is 2.79 bits per heavy atom. The Bertz CT molecular complexity index is 1080. The van der Waals surface area contributed by atoms with Crippen molar-refractivity contribution in [2.24, 2.45) is 0 Å². The minimum absolute atomic E-state index is 0.433. The van der Waals surface area contributed by atoms with Crippen LogP contribution in [0.4, 0.5) is 5.95 Å². The number of carbonyl (C=O) groups is 1. The number of hydrogen-bond acceptors (Lipinski definition) is 7. The van der Waals surface area contributed by atoms with E-state index in [1.807, 2.05) is 49.4 Å². The van der Waals surface area contributed by atoms with Gasteiger partial charge in [-0.25, -0.2) is 9.48 Å². The van der Waals surface area contributed by atoms with Crippen molar-refractivity contribution in [2.75, 3.05) is 12.4 Å². The topological polar surface area (TPSA) is 81.9 Å². The van der Waals surface area contributed by atoms with Gasteiger partial charge in [0.25, 0.3) is 0 Å². The van der Waals surface area contributed by atoms with E-state index in [0.29, 0.717) is 38.8 Å². The fourth-order valence-corrected chi connectivity index (χ4v) is 4.25. The zero-order chi connectivity index (χ0) is 20.4. The molecule has 0 saturated heterocycles. The predicted molar refractivity (Wildman–Crippen MR) is 112 cm³/mol. The van der Waals surface area contributed by atoms with Gasteiger partial charge in [-0.05, 0) is 30.7 Å². The van der Waals surface area contributed by atoms with Crippen molar-refractivity contribution in [1.29, 1.82) is 0 Å². The number of methoxy groups -OCH3 is 1. The lowest BCUT2D eigenvalue weighted by Gasteiger charge is -2.26. The van der Waals surface area contributed by atoms with Gasteiger partial charge in [0.15, 0.2) is 0 Å². The van der Waals surface area contributed by atoms with E-state index in [9.17, 15) is 4.79 Å². The average molecular weight is 428 g/mol. The van der Waals surface area contributed by atoms with Crippen LogP contribution in [0.15, 0.2) is 65.1 Å². The van der Waals surface area contributed by atoms with Crippen LogP contribution < -0.4 is 5.32 Å². The highest BCUT2D eigenvalue weighted by Gasteiger charge is 2.35. The van der Waals surface area contributed by atoms with Crippen LogP contribution in [0.1, 0.15) is 24.2 Å². The molecule has 1 N–H and O–H groups in total. The number of hydrogen-bond donors (Lipinski definition) is 1. The summed E-state index contributed by atoms with van der Waals surface area (Å²) in [6.45, 7) is 1.82. The predicted octanol–water partition coefficient (Wildman–Crippen LogP) is 4.08. The molecule has 1 atom stereocenters. The largest absolute Gasteiger partial charge is 0.466 e. The molecule has 3 aromatic rings. The van der Waals surface area contributed by atoms with Crippen LogP contribution in [-0.2, 0) is 15.3 Å². The second-order valence-corrected chi connectivity index (χ2v) is 7.70. The van der Waals surface area contributed by atoms with Crippen molar-refractivity contribution in [3.8, 4) is 0 Å². The number of halogens is 1. The molecule has 2 aromatic heterocycles. The van der Waals surface area contributed by atoms with Crippen LogP contribution in [0.3, 0.4) is 0 Å². The molecule has 0 spiro atoms. The Morgan fingerprint density at radius 2 is 2.07 bits per heavy atom. The maximum Gasteiger partial charge on any atom is 0.338 e. The first-order chi connectivity index (χ1) is 14.1. The summed E-state index contributed by atoms with van der Waals surface area (Å²) in [5.41, 5.74) is 2.80. The molecule has 7 nitrogen and oxygen atoms in total. The van der Waals surface area contributed by atoms with E-state index >= 15 is 0 Å². The molecule has 1 aliphatic rings. The number of nitrogens with zero attached hydrogens (tertiary/aromatic N) is 4. The van der Waals surface area contributed by atoms with Crippen molar-refractivity contribution in [1.82, 2.24) is 19.7 Å². The Hall–Kier alpha value is -2.84. The molecule has 0 saturated carbocycles. The van der Waals surface area contributed by atoms with E-state index in [1.54, 1.807) is 10.9 Å². The van der Waals surface area contributed by atoms with Gasteiger partial charge >= 0.3 is 5.97 Å². The number of pyridine rings is 1. The highest BCUT2D eigenvalue weighted by Crippen LogP contribution is 2.36. The first-order valence-electron chi connectivity index (χ1n) is 8.88. The van der Waals surface area contributed by atoms with Crippen molar-refractivity contribution in [3.05, 3.63) is 76.2 Å². The monoisotopic (exact) mass is 427 g/mol. The standard InChI is InChI=1S/C20H18ClN5O2S/c1-12-16(18(27)28-2)17(15-9-5-6-10-22-15)26-19(23-12)24-20(25-26)29-11-13-7-3-4-8-14(13)21/h3-10,17H,11H2,1-2H3,(H,23,24,25). The molecule has 3 heterocycles. The Morgan fingerprint density at radius 1 is 1.28 bits per heavy atom. The van der Waals surface area contributed by atoms with Crippen LogP contribution in [0.25, 0.3) is 0 Å². The van der Waals surface area contributed by atoms with E-state index in [4.69, 9.17) is 16.3 Å². The third kappa shape index (κ3) is 3.86. The van der Waals surface area contributed by atoms with Gasteiger partial charge in [-0.1, -0.05) is 47.6 Å². The number of thioether (sulfide) groups is 1. The molecule has 4 rings (SSSR count). The quantitative estimate of drug-likeness (QED) is 0.485. The van der Waals surface area contributed by atoms with E-state index < -0.39 is 12.0 Å². The van der Waals surface area contributed by atoms with Gasteiger partial charge in [-0.2, -0.15) is 4.98 Å². The van der Waals surface area contributed by atoms with Gasteiger partial charge in [-0.3, -0.25) is 4.98 Å². The highest BCUT2D eigenvalue weighted by atomic mass is 35.5. The summed E-state index contributed by atoms with van der Waals surface area (Å²) in [5, 5.41) is 9.08.